The molecule has 4 rings (SSSR count). The fraction of sp³-hybridized carbons (Fsp3) is 0.160. The van der Waals surface area contributed by atoms with Crippen LogP contribution in [-0.2, 0) is 17.6 Å². The van der Waals surface area contributed by atoms with Gasteiger partial charge < -0.3 is 5.11 Å². The van der Waals surface area contributed by atoms with Crippen LogP contribution in [0.25, 0.3) is 21.3 Å². The van der Waals surface area contributed by atoms with E-state index in [1.54, 1.807) is 29.5 Å². The molecule has 4 nitrogen and oxygen atoms in total. The number of rotatable bonds is 7. The molecule has 1 N–H and O–H groups in total. The van der Waals surface area contributed by atoms with E-state index in [2.05, 4.69) is 48.3 Å². The molecule has 0 saturated heterocycles. The zero-order valence-corrected chi connectivity index (χ0v) is 17.4. The number of aromatic nitrogens is 1. The Bertz CT molecular complexity index is 1240. The largest absolute Gasteiger partial charge is 0.478 e. The Morgan fingerprint density at radius 3 is 2.57 bits per heavy atom. The maximum Gasteiger partial charge on any atom is 0.335 e. The van der Waals surface area contributed by atoms with E-state index in [9.17, 15) is 9.59 Å². The second-order valence-corrected chi connectivity index (χ2v) is 8.50. The normalized spacial score (nSPS) is 11.0. The van der Waals surface area contributed by atoms with E-state index in [4.69, 9.17) is 5.11 Å². The Morgan fingerprint density at radius 1 is 0.967 bits per heavy atom. The zero-order chi connectivity index (χ0) is 21.1. The highest BCUT2D eigenvalue weighted by atomic mass is 32.1. The first-order chi connectivity index (χ1) is 14.5. The van der Waals surface area contributed by atoms with Crippen molar-refractivity contribution in [3.05, 3.63) is 88.4 Å². The van der Waals surface area contributed by atoms with Crippen LogP contribution in [0, 0.1) is 6.92 Å². The van der Waals surface area contributed by atoms with Gasteiger partial charge in [-0.05, 0) is 54.3 Å². The molecule has 0 radical (unpaired) electrons. The van der Waals surface area contributed by atoms with Gasteiger partial charge in [0.1, 0.15) is 10.8 Å². The molecule has 0 aliphatic heterocycles. The minimum Gasteiger partial charge on any atom is -0.478 e. The van der Waals surface area contributed by atoms with E-state index in [1.807, 2.05) is 12.1 Å². The summed E-state index contributed by atoms with van der Waals surface area (Å²) in [6.07, 6.45) is 1.20. The average molecular weight is 416 g/mol. The van der Waals surface area contributed by atoms with Crippen molar-refractivity contribution in [3.63, 3.8) is 0 Å². The molecular weight excluding hydrogens is 394 g/mol. The Morgan fingerprint density at radius 2 is 1.77 bits per heavy atom. The van der Waals surface area contributed by atoms with Crippen molar-refractivity contribution < 1.29 is 14.7 Å². The van der Waals surface area contributed by atoms with Gasteiger partial charge >= 0.3 is 5.97 Å². The van der Waals surface area contributed by atoms with Crippen LogP contribution in [0.3, 0.4) is 0 Å². The van der Waals surface area contributed by atoms with Crippen molar-refractivity contribution in [3.8, 4) is 11.1 Å². The number of benzene rings is 3. The number of hydrogen-bond donors (Lipinski definition) is 1. The molecule has 1 heterocycles. The molecule has 3 aromatic carbocycles. The third-order valence-electron chi connectivity index (χ3n) is 5.00. The van der Waals surface area contributed by atoms with Gasteiger partial charge in [-0.2, -0.15) is 0 Å². The summed E-state index contributed by atoms with van der Waals surface area (Å²) in [5.41, 5.74) is 5.55. The first-order valence-corrected chi connectivity index (χ1v) is 10.6. The summed E-state index contributed by atoms with van der Waals surface area (Å²) in [5, 5.41) is 9.90. The first kappa shape index (κ1) is 20.0. The quantitative estimate of drug-likeness (QED) is 0.419. The number of nitrogens with zero attached hydrogens (tertiary/aromatic N) is 1. The Hall–Kier alpha value is -3.31. The summed E-state index contributed by atoms with van der Waals surface area (Å²) in [7, 11) is 0. The monoisotopic (exact) mass is 415 g/mol. The third-order valence-corrected chi connectivity index (χ3v) is 6.02. The molecular formula is C25H21NO3S. The van der Waals surface area contributed by atoms with E-state index in [1.165, 1.54) is 11.1 Å². The van der Waals surface area contributed by atoms with Gasteiger partial charge in [0, 0.05) is 6.42 Å². The number of hydrogen-bond acceptors (Lipinski definition) is 4. The van der Waals surface area contributed by atoms with Gasteiger partial charge in [0.05, 0.1) is 22.2 Å². The topological polar surface area (TPSA) is 67.3 Å². The number of carbonyl (C=O) groups is 2. The number of Topliss-reactive ketones (excluding diaryl/α,β-unsaturated/α-hetero) is 1. The lowest BCUT2D eigenvalue weighted by atomic mass is 10.0. The maximum absolute atomic E-state index is 12.5. The third kappa shape index (κ3) is 4.63. The Labute approximate surface area is 178 Å². The molecule has 0 aliphatic rings. The molecule has 5 heteroatoms. The standard InChI is InChI=1S/C25H21NO3S/c1-16-4-2-6-18(12-16)19-9-11-22-23(14-19)30-24(26-22)15-21(27)10-8-17-5-3-7-20(13-17)25(28)29/h2-7,9,11-14H,8,10,15H2,1H3,(H,28,29). The second kappa shape index (κ2) is 8.59. The van der Waals surface area contributed by atoms with Crippen LogP contribution < -0.4 is 0 Å². The van der Waals surface area contributed by atoms with Crippen molar-refractivity contribution >= 4 is 33.3 Å². The summed E-state index contributed by atoms with van der Waals surface area (Å²) in [6, 6.07) is 21.3. The van der Waals surface area contributed by atoms with Crippen molar-refractivity contribution in [1.29, 1.82) is 0 Å². The minimum atomic E-state index is -0.956. The van der Waals surface area contributed by atoms with Gasteiger partial charge in [0.2, 0.25) is 0 Å². The van der Waals surface area contributed by atoms with Crippen molar-refractivity contribution in [2.75, 3.05) is 0 Å². The molecule has 0 fully saturated rings. The predicted octanol–water partition coefficient (Wildman–Crippen LogP) is 5.71. The van der Waals surface area contributed by atoms with Crippen molar-refractivity contribution in [2.24, 2.45) is 0 Å². The van der Waals surface area contributed by atoms with Crippen LogP contribution >= 0.6 is 11.3 Å². The fourth-order valence-electron chi connectivity index (χ4n) is 3.45. The average Bonchev–Trinajstić information content (AvgIpc) is 3.13. The number of thiazole rings is 1. The van der Waals surface area contributed by atoms with Crippen molar-refractivity contribution in [2.45, 2.75) is 26.2 Å². The summed E-state index contributed by atoms with van der Waals surface area (Å²) >= 11 is 1.56. The summed E-state index contributed by atoms with van der Waals surface area (Å²) in [4.78, 5) is 28.1. The number of carboxylic acids is 1. The van der Waals surface area contributed by atoms with Gasteiger partial charge in [-0.1, -0.05) is 48.0 Å². The maximum atomic E-state index is 12.5. The summed E-state index contributed by atoms with van der Waals surface area (Å²) in [5.74, 6) is -0.851. The van der Waals surface area contributed by atoms with E-state index >= 15 is 0 Å². The fourth-order valence-corrected chi connectivity index (χ4v) is 4.49. The Balaban J connectivity index is 1.44. The van der Waals surface area contributed by atoms with E-state index < -0.39 is 5.97 Å². The van der Waals surface area contributed by atoms with E-state index in [0.717, 1.165) is 26.4 Å². The molecule has 1 aromatic heterocycles. The molecule has 0 unspecified atom stereocenters. The number of ketones is 1. The summed E-state index contributed by atoms with van der Waals surface area (Å²) < 4.78 is 1.07. The molecule has 30 heavy (non-hydrogen) atoms. The number of aryl methyl sites for hydroxylation is 2. The highest BCUT2D eigenvalue weighted by Crippen LogP contribution is 2.29. The Kier molecular flexibility index (Phi) is 5.72. The highest BCUT2D eigenvalue weighted by Gasteiger charge is 2.11. The predicted molar refractivity (Wildman–Crippen MR) is 120 cm³/mol. The van der Waals surface area contributed by atoms with E-state index in [0.29, 0.717) is 19.3 Å². The van der Waals surface area contributed by atoms with Gasteiger partial charge in [-0.25, -0.2) is 9.78 Å². The molecule has 4 aromatic rings. The van der Waals surface area contributed by atoms with Gasteiger partial charge in [-0.15, -0.1) is 11.3 Å². The van der Waals surface area contributed by atoms with Crippen LogP contribution in [-0.4, -0.2) is 21.8 Å². The van der Waals surface area contributed by atoms with Gasteiger partial charge in [0.25, 0.3) is 0 Å². The SMILES string of the molecule is Cc1cccc(-c2ccc3nc(CC(=O)CCc4cccc(C(=O)O)c4)sc3c2)c1. The van der Waals surface area contributed by atoms with Gasteiger partial charge in [-0.3, -0.25) is 4.79 Å². The number of carboxylic acid groups (broad SMARTS) is 1. The lowest BCUT2D eigenvalue weighted by molar-refractivity contribution is -0.118. The minimum absolute atomic E-state index is 0.105. The smallest absolute Gasteiger partial charge is 0.335 e. The second-order valence-electron chi connectivity index (χ2n) is 7.38. The van der Waals surface area contributed by atoms with Crippen LogP contribution in [0.1, 0.15) is 32.9 Å². The number of carbonyl (C=O) groups excluding carboxylic acids is 1. The lowest BCUT2D eigenvalue weighted by Crippen LogP contribution is -2.05. The van der Waals surface area contributed by atoms with Crippen LogP contribution in [0.5, 0.6) is 0 Å². The lowest BCUT2D eigenvalue weighted by Gasteiger charge is -2.02. The van der Waals surface area contributed by atoms with Gasteiger partial charge in [0.15, 0.2) is 0 Å². The highest BCUT2D eigenvalue weighted by molar-refractivity contribution is 7.18. The molecule has 0 bridgehead atoms. The zero-order valence-electron chi connectivity index (χ0n) is 16.6. The van der Waals surface area contributed by atoms with E-state index in [-0.39, 0.29) is 11.3 Å². The molecule has 0 saturated carbocycles. The van der Waals surface area contributed by atoms with Crippen LogP contribution in [0.15, 0.2) is 66.7 Å². The van der Waals surface area contributed by atoms with Crippen LogP contribution in [0.2, 0.25) is 0 Å². The number of aromatic carboxylic acids is 1. The summed E-state index contributed by atoms with van der Waals surface area (Å²) in [6.45, 7) is 2.08. The number of fused-ring (bicyclic) bond motifs is 1. The first-order valence-electron chi connectivity index (χ1n) is 9.78. The van der Waals surface area contributed by atoms with Crippen molar-refractivity contribution in [1.82, 2.24) is 4.98 Å². The molecule has 0 spiro atoms. The molecule has 0 atom stereocenters. The molecule has 0 aliphatic carbocycles. The molecule has 0 amide bonds. The molecule has 150 valence electrons. The van der Waals surface area contributed by atoms with Crippen LogP contribution in [0.4, 0.5) is 0 Å².